The molecule has 0 amide bonds. The number of fused-ring (bicyclic) bond motifs is 2. The summed E-state index contributed by atoms with van der Waals surface area (Å²) >= 11 is 0. The number of esters is 1. The van der Waals surface area contributed by atoms with E-state index in [0.717, 1.165) is 5.56 Å². The SMILES string of the molecule is COC(=O)[C@@H]1Cc2c(ccc(OC)c2OCc2ccc(OC(F)(F)F)cc2)CN1c1nc2ccc(F)cc2o1. The molecule has 2 heterocycles. The molecule has 0 bridgehead atoms. The Hall–Kier alpha value is -4.48. The zero-order valence-corrected chi connectivity index (χ0v) is 20.8. The lowest BCUT2D eigenvalue weighted by molar-refractivity contribution is -0.274. The van der Waals surface area contributed by atoms with Gasteiger partial charge in [0.15, 0.2) is 17.1 Å². The molecule has 1 aliphatic rings. The molecule has 4 aromatic rings. The molecule has 0 unspecified atom stereocenters. The highest BCUT2D eigenvalue weighted by molar-refractivity contribution is 5.82. The predicted molar refractivity (Wildman–Crippen MR) is 130 cm³/mol. The molecule has 39 heavy (non-hydrogen) atoms. The van der Waals surface area contributed by atoms with Gasteiger partial charge in [-0.15, -0.1) is 13.2 Å². The molecule has 1 aliphatic heterocycles. The Morgan fingerprint density at radius 1 is 1.10 bits per heavy atom. The van der Waals surface area contributed by atoms with Crippen LogP contribution in [0.15, 0.2) is 59.0 Å². The zero-order chi connectivity index (χ0) is 27.7. The van der Waals surface area contributed by atoms with Gasteiger partial charge >= 0.3 is 12.3 Å². The monoisotopic (exact) mass is 546 g/mol. The Balaban J connectivity index is 1.44. The second kappa shape index (κ2) is 10.4. The summed E-state index contributed by atoms with van der Waals surface area (Å²) in [6.07, 6.45) is -4.63. The quantitative estimate of drug-likeness (QED) is 0.220. The summed E-state index contributed by atoms with van der Waals surface area (Å²) in [5, 5.41) is 0. The van der Waals surface area contributed by atoms with Gasteiger partial charge in [-0.05, 0) is 41.5 Å². The molecule has 204 valence electrons. The van der Waals surface area contributed by atoms with E-state index in [9.17, 15) is 22.4 Å². The first-order valence-corrected chi connectivity index (χ1v) is 11.7. The number of hydrogen-bond donors (Lipinski definition) is 0. The molecule has 0 N–H and O–H groups in total. The number of aromatic nitrogens is 1. The first-order valence-electron chi connectivity index (χ1n) is 11.7. The number of alkyl halides is 3. The fraction of sp³-hybridized carbons (Fsp3) is 0.259. The van der Waals surface area contributed by atoms with Gasteiger partial charge in [-0.25, -0.2) is 9.18 Å². The van der Waals surface area contributed by atoms with Gasteiger partial charge < -0.3 is 28.3 Å². The average Bonchev–Trinajstić information content (AvgIpc) is 3.33. The number of hydrogen-bond acceptors (Lipinski definition) is 8. The zero-order valence-electron chi connectivity index (χ0n) is 20.8. The standard InChI is InChI=1S/C27H22F4N2O6/c1-35-22-10-5-16-13-33(26-32-20-9-6-17(28)11-23(20)38-26)21(25(34)36-2)12-19(16)24(22)37-14-15-3-7-18(8-4-15)39-27(29,30)31/h3-11,21H,12-14H2,1-2H3/t21-/m0/s1. The van der Waals surface area contributed by atoms with Crippen LogP contribution in [0, 0.1) is 5.82 Å². The van der Waals surface area contributed by atoms with E-state index >= 15 is 0 Å². The number of anilines is 1. The molecule has 8 nitrogen and oxygen atoms in total. The number of benzene rings is 3. The van der Waals surface area contributed by atoms with Gasteiger partial charge in [-0.2, -0.15) is 4.98 Å². The van der Waals surface area contributed by atoms with Crippen molar-refractivity contribution in [2.45, 2.75) is 32.0 Å². The van der Waals surface area contributed by atoms with E-state index in [1.807, 2.05) is 6.07 Å². The number of nitrogens with zero attached hydrogens (tertiary/aromatic N) is 2. The number of carbonyl (C=O) groups is 1. The fourth-order valence-electron chi connectivity index (χ4n) is 4.43. The molecule has 12 heteroatoms. The highest BCUT2D eigenvalue weighted by Crippen LogP contribution is 2.40. The lowest BCUT2D eigenvalue weighted by atomic mass is 9.92. The van der Waals surface area contributed by atoms with E-state index in [1.165, 1.54) is 56.7 Å². The maximum absolute atomic E-state index is 13.7. The molecular weight excluding hydrogens is 524 g/mol. The minimum absolute atomic E-state index is 0.0163. The minimum Gasteiger partial charge on any atom is -0.493 e. The molecule has 0 saturated heterocycles. The number of rotatable bonds is 7. The molecule has 1 aromatic heterocycles. The van der Waals surface area contributed by atoms with Crippen LogP contribution in [0.4, 0.5) is 23.6 Å². The summed E-state index contributed by atoms with van der Waals surface area (Å²) in [5.74, 6) is -0.555. The number of halogens is 4. The van der Waals surface area contributed by atoms with Crippen molar-refractivity contribution in [3.63, 3.8) is 0 Å². The molecule has 0 spiro atoms. The summed E-state index contributed by atoms with van der Waals surface area (Å²) in [6.45, 7) is 0.219. The van der Waals surface area contributed by atoms with Crippen molar-refractivity contribution in [2.24, 2.45) is 0 Å². The predicted octanol–water partition coefficient (Wildman–Crippen LogP) is 5.56. The Labute approximate surface area is 219 Å². The number of methoxy groups -OCH3 is 2. The number of oxazole rings is 1. The van der Waals surface area contributed by atoms with Crippen LogP contribution in [0.2, 0.25) is 0 Å². The second-order valence-corrected chi connectivity index (χ2v) is 8.69. The average molecular weight is 546 g/mol. The maximum Gasteiger partial charge on any atom is 0.573 e. The first kappa shape index (κ1) is 26.1. The van der Waals surface area contributed by atoms with E-state index in [2.05, 4.69) is 9.72 Å². The van der Waals surface area contributed by atoms with E-state index < -0.39 is 24.2 Å². The summed E-state index contributed by atoms with van der Waals surface area (Å²) in [7, 11) is 2.74. The lowest BCUT2D eigenvalue weighted by Gasteiger charge is -2.35. The Morgan fingerprint density at radius 2 is 1.87 bits per heavy atom. The lowest BCUT2D eigenvalue weighted by Crippen LogP contribution is -2.46. The second-order valence-electron chi connectivity index (χ2n) is 8.69. The van der Waals surface area contributed by atoms with Crippen molar-refractivity contribution < 1.29 is 45.7 Å². The van der Waals surface area contributed by atoms with Crippen molar-refractivity contribution in [3.8, 4) is 17.2 Å². The van der Waals surface area contributed by atoms with E-state index in [1.54, 1.807) is 11.0 Å². The fourth-order valence-corrected chi connectivity index (χ4v) is 4.43. The van der Waals surface area contributed by atoms with Crippen LogP contribution in [-0.2, 0) is 29.1 Å². The van der Waals surface area contributed by atoms with Crippen LogP contribution in [0.5, 0.6) is 17.2 Å². The molecule has 0 fully saturated rings. The first-order chi connectivity index (χ1) is 18.6. The van der Waals surface area contributed by atoms with Crippen LogP contribution in [0.1, 0.15) is 16.7 Å². The highest BCUT2D eigenvalue weighted by atomic mass is 19.4. The Morgan fingerprint density at radius 3 is 2.56 bits per heavy atom. The summed E-state index contributed by atoms with van der Waals surface area (Å²) in [6, 6.07) is 12.1. The summed E-state index contributed by atoms with van der Waals surface area (Å²) in [4.78, 5) is 18.9. The van der Waals surface area contributed by atoms with Crippen LogP contribution in [0.3, 0.4) is 0 Å². The third-order valence-corrected chi connectivity index (χ3v) is 6.25. The van der Waals surface area contributed by atoms with Crippen molar-refractivity contribution in [3.05, 3.63) is 77.1 Å². The molecule has 5 rings (SSSR count). The largest absolute Gasteiger partial charge is 0.573 e. The van der Waals surface area contributed by atoms with Crippen LogP contribution in [-0.4, -0.2) is 37.6 Å². The van der Waals surface area contributed by atoms with Gasteiger partial charge in [-0.1, -0.05) is 18.2 Å². The van der Waals surface area contributed by atoms with Gasteiger partial charge in [0.05, 0.1) is 14.2 Å². The number of ether oxygens (including phenoxy) is 4. The van der Waals surface area contributed by atoms with E-state index in [-0.39, 0.29) is 36.9 Å². The topological polar surface area (TPSA) is 83.3 Å². The van der Waals surface area contributed by atoms with Crippen molar-refractivity contribution in [1.29, 1.82) is 0 Å². The van der Waals surface area contributed by atoms with Gasteiger partial charge in [0.25, 0.3) is 6.01 Å². The van der Waals surface area contributed by atoms with Crippen LogP contribution < -0.4 is 19.1 Å². The third kappa shape index (κ3) is 5.54. The van der Waals surface area contributed by atoms with Crippen LogP contribution in [0.25, 0.3) is 11.1 Å². The van der Waals surface area contributed by atoms with Gasteiger partial charge in [0.1, 0.15) is 29.7 Å². The summed E-state index contributed by atoms with van der Waals surface area (Å²) in [5.41, 5.74) is 2.76. The van der Waals surface area contributed by atoms with Gasteiger partial charge in [-0.3, -0.25) is 0 Å². The smallest absolute Gasteiger partial charge is 0.493 e. The molecule has 3 aromatic carbocycles. The van der Waals surface area contributed by atoms with Crippen molar-refractivity contribution in [1.82, 2.24) is 4.98 Å². The number of carbonyl (C=O) groups excluding carboxylic acids is 1. The Bertz CT molecular complexity index is 1500. The van der Waals surface area contributed by atoms with E-state index in [0.29, 0.717) is 28.1 Å². The normalized spacial score (nSPS) is 15.1. The van der Waals surface area contributed by atoms with Gasteiger partial charge in [0, 0.05) is 24.6 Å². The molecule has 1 atom stereocenters. The van der Waals surface area contributed by atoms with Crippen molar-refractivity contribution in [2.75, 3.05) is 19.1 Å². The molecule has 0 radical (unpaired) electrons. The summed E-state index contributed by atoms with van der Waals surface area (Å²) < 4.78 is 77.3. The Kier molecular flexibility index (Phi) is 6.94. The van der Waals surface area contributed by atoms with Gasteiger partial charge in [0.2, 0.25) is 0 Å². The van der Waals surface area contributed by atoms with Crippen LogP contribution >= 0.6 is 0 Å². The molecular formula is C27H22F4N2O6. The molecule has 0 saturated carbocycles. The van der Waals surface area contributed by atoms with E-state index in [4.69, 9.17) is 18.6 Å². The van der Waals surface area contributed by atoms with Crippen molar-refractivity contribution >= 4 is 23.1 Å². The minimum atomic E-state index is -4.79. The highest BCUT2D eigenvalue weighted by Gasteiger charge is 2.37. The maximum atomic E-state index is 13.7. The third-order valence-electron chi connectivity index (χ3n) is 6.25. The molecule has 0 aliphatic carbocycles.